The molecular weight excluding hydrogens is 216 g/mol. The van der Waals surface area contributed by atoms with Gasteiger partial charge in [0.2, 0.25) is 0 Å². The van der Waals surface area contributed by atoms with E-state index in [-0.39, 0.29) is 12.1 Å². The first-order valence-electron chi connectivity index (χ1n) is 3.34. The number of rotatable bonds is 2. The van der Waals surface area contributed by atoms with E-state index in [0.29, 0.717) is 5.33 Å². The first-order chi connectivity index (χ1) is 5.24. The van der Waals surface area contributed by atoms with Crippen molar-refractivity contribution in [3.63, 3.8) is 0 Å². The van der Waals surface area contributed by atoms with Crippen LogP contribution in [0.3, 0.4) is 0 Å². The van der Waals surface area contributed by atoms with Gasteiger partial charge in [0, 0.05) is 5.33 Å². The van der Waals surface area contributed by atoms with Gasteiger partial charge in [-0.2, -0.15) is 0 Å². The number of fused-ring (bicyclic) bond motifs is 1. The molecule has 0 amide bonds. The van der Waals surface area contributed by atoms with E-state index in [1.807, 2.05) is 0 Å². The standard InChI is InChI=1S/C6H7BrO4/c7-1-2(8)3-4-5(10-4)6(9)11-3/h2-5,8H,1H2/t2?,3-,4-,5?/m1/s1. The number of carbonyl (C=O) groups is 1. The van der Waals surface area contributed by atoms with Crippen molar-refractivity contribution < 1.29 is 19.4 Å². The van der Waals surface area contributed by atoms with Crippen molar-refractivity contribution in [3.05, 3.63) is 0 Å². The van der Waals surface area contributed by atoms with Crippen LogP contribution in [-0.4, -0.2) is 40.8 Å². The topological polar surface area (TPSA) is 59.1 Å². The lowest BCUT2D eigenvalue weighted by Gasteiger charge is -2.15. The summed E-state index contributed by atoms with van der Waals surface area (Å²) in [5.74, 6) is -0.347. The van der Waals surface area contributed by atoms with Crippen molar-refractivity contribution in [1.82, 2.24) is 0 Å². The highest BCUT2D eigenvalue weighted by Crippen LogP contribution is 2.36. The predicted octanol–water partition coefficient (Wildman–Crippen LogP) is -0.565. The molecule has 2 rings (SSSR count). The smallest absolute Gasteiger partial charge is 0.338 e. The molecular formula is C6H7BrO4. The summed E-state index contributed by atoms with van der Waals surface area (Å²) in [5, 5.41) is 9.67. The van der Waals surface area contributed by atoms with Gasteiger partial charge in [-0.25, -0.2) is 4.79 Å². The van der Waals surface area contributed by atoms with Gasteiger partial charge in [-0.15, -0.1) is 0 Å². The second kappa shape index (κ2) is 2.43. The summed E-state index contributed by atoms with van der Waals surface area (Å²) in [4.78, 5) is 10.8. The van der Waals surface area contributed by atoms with Gasteiger partial charge in [0.25, 0.3) is 0 Å². The van der Waals surface area contributed by atoms with Crippen molar-refractivity contribution >= 4 is 21.9 Å². The Kier molecular flexibility index (Phi) is 1.66. The van der Waals surface area contributed by atoms with Crippen LogP contribution in [0.5, 0.6) is 0 Å². The molecule has 0 radical (unpaired) electrons. The summed E-state index contributed by atoms with van der Waals surface area (Å²) >= 11 is 3.09. The fourth-order valence-corrected chi connectivity index (χ4v) is 1.59. The maximum Gasteiger partial charge on any atom is 0.338 e. The van der Waals surface area contributed by atoms with E-state index in [1.54, 1.807) is 0 Å². The van der Waals surface area contributed by atoms with E-state index >= 15 is 0 Å². The number of hydrogen-bond donors (Lipinski definition) is 1. The number of alkyl halides is 1. The van der Waals surface area contributed by atoms with Crippen molar-refractivity contribution in [2.45, 2.75) is 24.4 Å². The van der Waals surface area contributed by atoms with Crippen LogP contribution in [0.25, 0.3) is 0 Å². The summed E-state index contributed by atoms with van der Waals surface area (Å²) in [6.45, 7) is 0. The Morgan fingerprint density at radius 3 is 2.82 bits per heavy atom. The molecule has 2 aliphatic rings. The molecule has 2 aliphatic heterocycles. The highest BCUT2D eigenvalue weighted by atomic mass is 79.9. The fraction of sp³-hybridized carbons (Fsp3) is 0.833. The van der Waals surface area contributed by atoms with E-state index < -0.39 is 18.3 Å². The third-order valence-corrected chi connectivity index (χ3v) is 2.53. The Labute approximate surface area is 71.6 Å². The van der Waals surface area contributed by atoms with Crippen molar-refractivity contribution in [2.75, 3.05) is 5.33 Å². The van der Waals surface area contributed by atoms with Gasteiger partial charge in [-0.1, -0.05) is 15.9 Å². The number of ether oxygens (including phenoxy) is 2. The minimum absolute atomic E-state index is 0.199. The summed E-state index contributed by atoms with van der Waals surface area (Å²) in [6, 6.07) is 0. The Balaban J connectivity index is 2.01. The monoisotopic (exact) mass is 222 g/mol. The maximum atomic E-state index is 10.8. The molecule has 0 bridgehead atoms. The molecule has 0 aromatic rings. The fourth-order valence-electron chi connectivity index (χ4n) is 1.22. The van der Waals surface area contributed by atoms with E-state index in [0.717, 1.165) is 0 Å². The number of carbonyl (C=O) groups excluding carboxylic acids is 1. The highest BCUT2D eigenvalue weighted by molar-refractivity contribution is 9.09. The maximum absolute atomic E-state index is 10.8. The van der Waals surface area contributed by atoms with Gasteiger partial charge in [-0.3, -0.25) is 0 Å². The molecule has 2 unspecified atom stereocenters. The number of hydrogen-bond acceptors (Lipinski definition) is 4. The van der Waals surface area contributed by atoms with Crippen LogP contribution in [0, 0.1) is 0 Å². The second-order valence-electron chi connectivity index (χ2n) is 2.64. The van der Waals surface area contributed by atoms with Gasteiger partial charge in [0.15, 0.2) is 12.2 Å². The predicted molar refractivity (Wildman–Crippen MR) is 38.3 cm³/mol. The van der Waals surface area contributed by atoms with Crippen LogP contribution in [-0.2, 0) is 14.3 Å². The third kappa shape index (κ3) is 1.07. The van der Waals surface area contributed by atoms with Crippen LogP contribution < -0.4 is 0 Å². The molecule has 2 fully saturated rings. The summed E-state index contributed by atoms with van der Waals surface area (Å²) in [7, 11) is 0. The molecule has 11 heavy (non-hydrogen) atoms. The van der Waals surface area contributed by atoms with Crippen LogP contribution in [0.2, 0.25) is 0 Å². The van der Waals surface area contributed by atoms with E-state index in [9.17, 15) is 9.90 Å². The van der Waals surface area contributed by atoms with Crippen LogP contribution in [0.15, 0.2) is 0 Å². The molecule has 0 aromatic heterocycles. The molecule has 2 heterocycles. The minimum atomic E-state index is -0.656. The number of esters is 1. The number of aliphatic hydroxyl groups is 1. The van der Waals surface area contributed by atoms with Crippen LogP contribution in [0.1, 0.15) is 0 Å². The van der Waals surface area contributed by atoms with E-state index in [4.69, 9.17) is 9.47 Å². The number of epoxide rings is 1. The van der Waals surface area contributed by atoms with Crippen LogP contribution in [0.4, 0.5) is 0 Å². The van der Waals surface area contributed by atoms with Gasteiger partial charge in [0.05, 0.1) is 0 Å². The summed E-state index contributed by atoms with van der Waals surface area (Å²) in [5.41, 5.74) is 0. The van der Waals surface area contributed by atoms with Gasteiger partial charge >= 0.3 is 5.97 Å². The van der Waals surface area contributed by atoms with Gasteiger partial charge in [-0.05, 0) is 0 Å². The molecule has 1 N–H and O–H groups in total. The normalized spacial score (nSPS) is 43.1. The molecule has 4 nitrogen and oxygen atoms in total. The lowest BCUT2D eigenvalue weighted by molar-refractivity contribution is -0.154. The quantitative estimate of drug-likeness (QED) is 0.387. The van der Waals surface area contributed by atoms with Crippen molar-refractivity contribution in [3.8, 4) is 0 Å². The first kappa shape index (κ1) is 7.52. The Morgan fingerprint density at radius 2 is 2.45 bits per heavy atom. The highest BCUT2D eigenvalue weighted by Gasteiger charge is 2.60. The zero-order chi connectivity index (χ0) is 8.01. The second-order valence-corrected chi connectivity index (χ2v) is 3.29. The zero-order valence-electron chi connectivity index (χ0n) is 5.57. The molecule has 2 saturated heterocycles. The summed E-state index contributed by atoms with van der Waals surface area (Å²) < 4.78 is 9.78. The van der Waals surface area contributed by atoms with Gasteiger partial charge < -0.3 is 14.6 Å². The van der Waals surface area contributed by atoms with Crippen LogP contribution >= 0.6 is 15.9 Å². The minimum Gasteiger partial charge on any atom is -0.455 e. The van der Waals surface area contributed by atoms with Crippen molar-refractivity contribution in [1.29, 1.82) is 0 Å². The average molecular weight is 223 g/mol. The molecule has 62 valence electrons. The SMILES string of the molecule is O=C1O[C@H](C(O)CBr)[C@H]2OC12. The molecule has 0 aliphatic carbocycles. The molecule has 5 heteroatoms. The number of cyclic esters (lactones) is 1. The van der Waals surface area contributed by atoms with E-state index in [2.05, 4.69) is 15.9 Å². The Morgan fingerprint density at radius 1 is 1.73 bits per heavy atom. The zero-order valence-corrected chi connectivity index (χ0v) is 7.15. The lowest BCUT2D eigenvalue weighted by Crippen LogP contribution is -2.32. The van der Waals surface area contributed by atoms with E-state index in [1.165, 1.54) is 0 Å². The first-order valence-corrected chi connectivity index (χ1v) is 4.46. The van der Waals surface area contributed by atoms with Gasteiger partial charge in [0.1, 0.15) is 12.2 Å². The molecule has 0 spiro atoms. The molecule has 0 saturated carbocycles. The molecule has 0 aromatic carbocycles. The largest absolute Gasteiger partial charge is 0.455 e. The third-order valence-electron chi connectivity index (χ3n) is 1.87. The average Bonchev–Trinajstić information content (AvgIpc) is 2.72. The van der Waals surface area contributed by atoms with Crippen molar-refractivity contribution in [2.24, 2.45) is 0 Å². The Hall–Kier alpha value is -0.130. The lowest BCUT2D eigenvalue weighted by atomic mass is 10.1. The number of aliphatic hydroxyl groups excluding tert-OH is 1. The molecule has 4 atom stereocenters. The summed E-state index contributed by atoms with van der Waals surface area (Å²) in [6.07, 6.45) is -1.72. The Bertz CT molecular complexity index is 195. The number of halogens is 1.